The lowest BCUT2D eigenvalue weighted by atomic mass is 10.1. The predicted octanol–water partition coefficient (Wildman–Crippen LogP) is 4.47. The van der Waals surface area contributed by atoms with Gasteiger partial charge in [0.05, 0.1) is 27.7 Å². The van der Waals surface area contributed by atoms with Crippen LogP contribution in [0, 0.1) is 11.6 Å². The average Bonchev–Trinajstić information content (AvgIpc) is 3.23. The van der Waals surface area contributed by atoms with E-state index in [1.807, 2.05) is 24.3 Å². The number of carbonyl (C=O) groups excluding carboxylic acids is 1. The van der Waals surface area contributed by atoms with E-state index in [9.17, 15) is 13.6 Å². The molecule has 1 aromatic heterocycles. The monoisotopic (exact) mass is 361 g/mol. The largest absolute Gasteiger partial charge is 0.340 e. The van der Waals surface area contributed by atoms with Crippen molar-refractivity contribution in [3.8, 4) is 0 Å². The summed E-state index contributed by atoms with van der Waals surface area (Å²) in [5.74, 6) is -1.90. The zero-order chi connectivity index (χ0) is 17.6. The molecular formula is C18H14ClF2N3O. The maximum atomic E-state index is 13.5. The number of aromatic amines is 1. The summed E-state index contributed by atoms with van der Waals surface area (Å²) in [5, 5.41) is -0.0980. The van der Waals surface area contributed by atoms with Gasteiger partial charge < -0.3 is 9.88 Å². The third-order valence-corrected chi connectivity index (χ3v) is 4.79. The number of carbonyl (C=O) groups is 1. The second-order valence-electron chi connectivity index (χ2n) is 6.04. The number of hydrogen-bond acceptors (Lipinski definition) is 2. The van der Waals surface area contributed by atoms with Gasteiger partial charge in [0.1, 0.15) is 5.82 Å². The second kappa shape index (κ2) is 6.11. The highest BCUT2D eigenvalue weighted by Crippen LogP contribution is 2.34. The Morgan fingerprint density at radius 1 is 1.24 bits per heavy atom. The molecule has 1 fully saturated rings. The van der Waals surface area contributed by atoms with E-state index in [0.29, 0.717) is 12.4 Å². The smallest absolute Gasteiger partial charge is 0.256 e. The van der Waals surface area contributed by atoms with Crippen LogP contribution in [0.4, 0.5) is 8.78 Å². The Morgan fingerprint density at radius 2 is 2.00 bits per heavy atom. The molecule has 3 aromatic rings. The van der Waals surface area contributed by atoms with Gasteiger partial charge in [-0.3, -0.25) is 4.79 Å². The highest BCUT2D eigenvalue weighted by atomic mass is 35.5. The summed E-state index contributed by atoms with van der Waals surface area (Å²) < 4.78 is 26.8. The van der Waals surface area contributed by atoms with E-state index in [1.165, 1.54) is 0 Å². The van der Waals surface area contributed by atoms with E-state index in [2.05, 4.69) is 9.97 Å². The van der Waals surface area contributed by atoms with Gasteiger partial charge in [0, 0.05) is 6.54 Å². The van der Waals surface area contributed by atoms with Crippen molar-refractivity contribution >= 4 is 28.5 Å². The fraction of sp³-hybridized carbons (Fsp3) is 0.222. The van der Waals surface area contributed by atoms with Crippen molar-refractivity contribution in [3.63, 3.8) is 0 Å². The summed E-state index contributed by atoms with van der Waals surface area (Å²) in [5.41, 5.74) is 1.67. The van der Waals surface area contributed by atoms with Crippen LogP contribution in [0.25, 0.3) is 11.0 Å². The first-order valence-corrected chi connectivity index (χ1v) is 8.32. The van der Waals surface area contributed by atoms with Gasteiger partial charge in [0.15, 0.2) is 11.6 Å². The quantitative estimate of drug-likeness (QED) is 0.684. The molecule has 4 rings (SSSR count). The van der Waals surface area contributed by atoms with Gasteiger partial charge >= 0.3 is 0 Å². The third kappa shape index (κ3) is 2.76. The molecule has 7 heteroatoms. The number of H-pyrrole nitrogens is 1. The first-order chi connectivity index (χ1) is 12.0. The van der Waals surface area contributed by atoms with Crippen LogP contribution in [0.5, 0.6) is 0 Å². The fourth-order valence-electron chi connectivity index (χ4n) is 3.27. The Bertz CT molecular complexity index is 939. The standard InChI is InChI=1S/C18H14ClF2N3O/c19-11-9-13(21)12(20)8-10(11)18(25)24-7-3-6-16(24)17-22-14-4-1-2-5-15(14)23-17/h1-2,4-5,8-9,16H,3,6-7H2,(H,22,23)/t16-/m1/s1. The lowest BCUT2D eigenvalue weighted by molar-refractivity contribution is 0.0730. The van der Waals surface area contributed by atoms with Crippen LogP contribution in [0.2, 0.25) is 5.02 Å². The molecule has 1 aliphatic heterocycles. The molecule has 128 valence electrons. The maximum absolute atomic E-state index is 13.5. The van der Waals surface area contributed by atoms with Crippen molar-refractivity contribution in [3.05, 3.63) is 64.4 Å². The van der Waals surface area contributed by atoms with E-state index < -0.39 is 17.5 Å². The molecule has 25 heavy (non-hydrogen) atoms. The van der Waals surface area contributed by atoms with Crippen LogP contribution in [-0.4, -0.2) is 27.3 Å². The summed E-state index contributed by atoms with van der Waals surface area (Å²) in [6.45, 7) is 0.510. The number of nitrogens with one attached hydrogen (secondary N) is 1. The van der Waals surface area contributed by atoms with Crippen molar-refractivity contribution in [2.24, 2.45) is 0 Å². The minimum absolute atomic E-state index is 0.0384. The molecule has 1 aliphatic rings. The summed E-state index contributed by atoms with van der Waals surface area (Å²) in [7, 11) is 0. The highest BCUT2D eigenvalue weighted by Gasteiger charge is 2.33. The summed E-state index contributed by atoms with van der Waals surface area (Å²) in [4.78, 5) is 22.2. The van der Waals surface area contributed by atoms with Gasteiger partial charge in [-0.1, -0.05) is 23.7 Å². The lowest BCUT2D eigenvalue weighted by Gasteiger charge is -2.23. The fourth-order valence-corrected chi connectivity index (χ4v) is 3.50. The Morgan fingerprint density at radius 3 is 2.80 bits per heavy atom. The summed E-state index contributed by atoms with van der Waals surface area (Å²) >= 11 is 5.96. The van der Waals surface area contributed by atoms with Gasteiger partial charge in [-0.05, 0) is 37.1 Å². The summed E-state index contributed by atoms with van der Waals surface area (Å²) in [6, 6.07) is 9.05. The van der Waals surface area contributed by atoms with Gasteiger partial charge in [-0.2, -0.15) is 0 Å². The highest BCUT2D eigenvalue weighted by molar-refractivity contribution is 6.33. The molecule has 2 heterocycles. The van der Waals surface area contributed by atoms with Gasteiger partial charge in [0.25, 0.3) is 5.91 Å². The SMILES string of the molecule is O=C(c1cc(F)c(F)cc1Cl)N1CCC[C@@H]1c1nc2ccccc2[nH]1. The summed E-state index contributed by atoms with van der Waals surface area (Å²) in [6.07, 6.45) is 1.54. The van der Waals surface area contributed by atoms with Gasteiger partial charge in [0.2, 0.25) is 0 Å². The molecule has 0 saturated carbocycles. The van der Waals surface area contributed by atoms with Crippen LogP contribution in [0.3, 0.4) is 0 Å². The van der Waals surface area contributed by atoms with E-state index in [4.69, 9.17) is 11.6 Å². The number of hydrogen-bond donors (Lipinski definition) is 1. The molecule has 4 nitrogen and oxygen atoms in total. The number of likely N-dealkylation sites (tertiary alicyclic amines) is 1. The Hall–Kier alpha value is -2.47. The minimum Gasteiger partial charge on any atom is -0.340 e. The van der Waals surface area contributed by atoms with Crippen molar-refractivity contribution in [1.29, 1.82) is 0 Å². The zero-order valence-corrected chi connectivity index (χ0v) is 13.9. The molecule has 1 amide bonds. The van der Waals surface area contributed by atoms with Crippen molar-refractivity contribution in [2.45, 2.75) is 18.9 Å². The van der Waals surface area contributed by atoms with Crippen LogP contribution in [-0.2, 0) is 0 Å². The number of rotatable bonds is 2. The third-order valence-electron chi connectivity index (χ3n) is 4.48. The molecule has 1 N–H and O–H groups in total. The normalized spacial score (nSPS) is 17.4. The predicted molar refractivity (Wildman–Crippen MR) is 90.5 cm³/mol. The molecular weight excluding hydrogens is 348 g/mol. The number of halogens is 3. The van der Waals surface area contributed by atoms with Gasteiger partial charge in [-0.25, -0.2) is 13.8 Å². The first kappa shape index (κ1) is 16.0. The number of aromatic nitrogens is 2. The van der Waals surface area contributed by atoms with Crippen LogP contribution >= 0.6 is 11.6 Å². The molecule has 0 bridgehead atoms. The molecule has 1 saturated heterocycles. The van der Waals surface area contributed by atoms with E-state index >= 15 is 0 Å². The second-order valence-corrected chi connectivity index (χ2v) is 6.45. The van der Waals surface area contributed by atoms with E-state index in [1.54, 1.807) is 4.90 Å². The Labute approximate surface area is 147 Å². The lowest BCUT2D eigenvalue weighted by Crippen LogP contribution is -2.31. The molecule has 0 unspecified atom stereocenters. The first-order valence-electron chi connectivity index (χ1n) is 7.95. The topological polar surface area (TPSA) is 49.0 Å². The molecule has 1 atom stereocenters. The Kier molecular flexibility index (Phi) is 3.92. The van der Waals surface area contributed by atoms with Crippen LogP contribution in [0.15, 0.2) is 36.4 Å². The zero-order valence-electron chi connectivity index (χ0n) is 13.1. The van der Waals surface area contributed by atoms with E-state index in [0.717, 1.165) is 36.0 Å². The molecule has 0 radical (unpaired) electrons. The van der Waals surface area contributed by atoms with E-state index in [-0.39, 0.29) is 16.6 Å². The molecule has 0 aliphatic carbocycles. The number of fused-ring (bicyclic) bond motifs is 1. The van der Waals surface area contributed by atoms with Gasteiger partial charge in [-0.15, -0.1) is 0 Å². The number of nitrogens with zero attached hydrogens (tertiary/aromatic N) is 2. The number of imidazole rings is 1. The Balaban J connectivity index is 1.69. The van der Waals surface area contributed by atoms with Crippen LogP contribution < -0.4 is 0 Å². The average molecular weight is 362 g/mol. The maximum Gasteiger partial charge on any atom is 0.256 e. The van der Waals surface area contributed by atoms with Crippen molar-refractivity contribution in [1.82, 2.24) is 14.9 Å². The number of benzene rings is 2. The van der Waals surface area contributed by atoms with Crippen molar-refractivity contribution < 1.29 is 13.6 Å². The number of para-hydroxylation sites is 2. The minimum atomic E-state index is -1.09. The van der Waals surface area contributed by atoms with Crippen LogP contribution in [0.1, 0.15) is 35.1 Å². The van der Waals surface area contributed by atoms with Crippen molar-refractivity contribution in [2.75, 3.05) is 6.54 Å². The number of amides is 1. The molecule has 2 aromatic carbocycles. The molecule has 0 spiro atoms.